The van der Waals surface area contributed by atoms with Gasteiger partial charge in [0.1, 0.15) is 11.3 Å². The number of anilines is 1. The molecule has 3 aromatic carbocycles. The van der Waals surface area contributed by atoms with Crippen LogP contribution >= 0.6 is 11.6 Å². The number of fused-ring (bicyclic) bond motifs is 1. The molecule has 0 fully saturated rings. The molecule has 1 aromatic heterocycles. The molecular weight excluding hydrogens is 472 g/mol. The molecule has 0 atom stereocenters. The van der Waals surface area contributed by atoms with Gasteiger partial charge in [0, 0.05) is 5.56 Å². The molecule has 1 amide bonds. The van der Waals surface area contributed by atoms with E-state index in [4.69, 9.17) is 20.8 Å². The number of carbonyl (C=O) groups is 1. The molecule has 6 heteroatoms. The Bertz CT molecular complexity index is 1400. The van der Waals surface area contributed by atoms with Gasteiger partial charge in [-0.2, -0.15) is 0 Å². The second kappa shape index (κ2) is 9.62. The van der Waals surface area contributed by atoms with Crippen molar-refractivity contribution in [3.8, 4) is 17.2 Å². The van der Waals surface area contributed by atoms with E-state index in [9.17, 15) is 4.79 Å². The second-order valence-corrected chi connectivity index (χ2v) is 11.3. The topological polar surface area (TPSA) is 64.4 Å². The van der Waals surface area contributed by atoms with E-state index in [0.717, 1.165) is 5.52 Å². The minimum atomic E-state index is -1.13. The van der Waals surface area contributed by atoms with Crippen molar-refractivity contribution in [1.82, 2.24) is 4.98 Å². The maximum atomic E-state index is 13.2. The first kappa shape index (κ1) is 25.8. The second-order valence-electron chi connectivity index (χ2n) is 10.9. The number of amides is 1. The van der Waals surface area contributed by atoms with Crippen LogP contribution in [0.25, 0.3) is 22.6 Å². The fourth-order valence-corrected chi connectivity index (χ4v) is 3.98. The van der Waals surface area contributed by atoms with Crippen LogP contribution in [0.4, 0.5) is 5.69 Å². The van der Waals surface area contributed by atoms with Crippen molar-refractivity contribution in [2.24, 2.45) is 0 Å². The standard InChI is InChI=1S/C30H33ClN2O3/c1-18(2)19-9-15-26-25(16-19)32-27(35-26)20-8-14-23(31)24(17-20)33-28(34)30(6,7)36-22-12-10-21(11-13-22)29(3,4)5/h8-18H,1-7H3,(H,33,34). The lowest BCUT2D eigenvalue weighted by Crippen LogP contribution is -2.42. The van der Waals surface area contributed by atoms with Crippen molar-refractivity contribution in [1.29, 1.82) is 0 Å². The Morgan fingerprint density at radius 2 is 1.67 bits per heavy atom. The first-order chi connectivity index (χ1) is 16.8. The lowest BCUT2D eigenvalue weighted by atomic mass is 9.87. The summed E-state index contributed by atoms with van der Waals surface area (Å²) in [5, 5.41) is 3.32. The predicted molar refractivity (Wildman–Crippen MR) is 147 cm³/mol. The summed E-state index contributed by atoms with van der Waals surface area (Å²) in [6, 6.07) is 19.2. The summed E-state index contributed by atoms with van der Waals surface area (Å²) >= 11 is 6.43. The molecule has 0 saturated heterocycles. The van der Waals surface area contributed by atoms with E-state index >= 15 is 0 Å². The first-order valence-electron chi connectivity index (χ1n) is 12.1. The maximum Gasteiger partial charge on any atom is 0.268 e. The van der Waals surface area contributed by atoms with Crippen molar-refractivity contribution in [2.75, 3.05) is 5.32 Å². The summed E-state index contributed by atoms with van der Waals surface area (Å²) in [7, 11) is 0. The molecule has 4 aromatic rings. The van der Waals surface area contributed by atoms with Crippen molar-refractivity contribution < 1.29 is 13.9 Å². The van der Waals surface area contributed by atoms with Gasteiger partial charge >= 0.3 is 0 Å². The molecule has 4 rings (SSSR count). The van der Waals surface area contributed by atoms with Gasteiger partial charge in [-0.3, -0.25) is 4.79 Å². The number of aromatic nitrogens is 1. The van der Waals surface area contributed by atoms with Crippen LogP contribution in [0.3, 0.4) is 0 Å². The number of nitrogens with zero attached hydrogens (tertiary/aromatic N) is 1. The molecule has 188 valence electrons. The molecule has 0 radical (unpaired) electrons. The predicted octanol–water partition coefficient (Wildman–Crippen LogP) is 8.37. The third-order valence-corrected chi connectivity index (χ3v) is 6.51. The summed E-state index contributed by atoms with van der Waals surface area (Å²) in [6.07, 6.45) is 0. The number of hydrogen-bond donors (Lipinski definition) is 1. The highest BCUT2D eigenvalue weighted by atomic mass is 35.5. The Morgan fingerprint density at radius 1 is 0.972 bits per heavy atom. The van der Waals surface area contributed by atoms with Gasteiger partial charge in [0.25, 0.3) is 5.91 Å². The average molecular weight is 505 g/mol. The molecule has 0 saturated carbocycles. The van der Waals surface area contributed by atoms with Crippen LogP contribution in [0.15, 0.2) is 65.1 Å². The highest BCUT2D eigenvalue weighted by Gasteiger charge is 2.31. The van der Waals surface area contributed by atoms with E-state index in [-0.39, 0.29) is 11.3 Å². The van der Waals surface area contributed by atoms with Gasteiger partial charge in [-0.15, -0.1) is 0 Å². The Kier molecular flexibility index (Phi) is 6.89. The van der Waals surface area contributed by atoms with E-state index in [1.165, 1.54) is 11.1 Å². The molecule has 0 aliphatic rings. The SMILES string of the molecule is CC(C)c1ccc2oc(-c3ccc(Cl)c(NC(=O)C(C)(C)Oc4ccc(C(C)(C)C)cc4)c3)nc2c1. The van der Waals surface area contributed by atoms with Crippen LogP contribution < -0.4 is 10.1 Å². The quantitative estimate of drug-likeness (QED) is 0.286. The number of benzene rings is 3. The zero-order valence-electron chi connectivity index (χ0n) is 21.9. The molecule has 1 N–H and O–H groups in total. The number of halogens is 1. The minimum absolute atomic E-state index is 0.0403. The molecule has 36 heavy (non-hydrogen) atoms. The van der Waals surface area contributed by atoms with Gasteiger partial charge in [0.15, 0.2) is 11.2 Å². The van der Waals surface area contributed by atoms with E-state index < -0.39 is 5.60 Å². The zero-order valence-corrected chi connectivity index (χ0v) is 22.7. The Morgan fingerprint density at radius 3 is 2.31 bits per heavy atom. The third kappa shape index (κ3) is 5.57. The van der Waals surface area contributed by atoms with Crippen molar-refractivity contribution in [2.45, 2.75) is 65.4 Å². The van der Waals surface area contributed by atoms with Gasteiger partial charge in [-0.25, -0.2) is 4.98 Å². The summed E-state index contributed by atoms with van der Waals surface area (Å²) in [5.74, 6) is 1.16. The Hall–Kier alpha value is -3.31. The molecule has 0 aliphatic heterocycles. The maximum absolute atomic E-state index is 13.2. The van der Waals surface area contributed by atoms with E-state index in [0.29, 0.717) is 39.4 Å². The molecular formula is C30H33ClN2O3. The van der Waals surface area contributed by atoms with Gasteiger partial charge in [-0.1, -0.05) is 64.4 Å². The van der Waals surface area contributed by atoms with Crippen LogP contribution in [0, 0.1) is 0 Å². The van der Waals surface area contributed by atoms with E-state index in [2.05, 4.69) is 44.9 Å². The molecule has 5 nitrogen and oxygen atoms in total. The average Bonchev–Trinajstić information content (AvgIpc) is 3.23. The number of oxazole rings is 1. The fraction of sp³-hybridized carbons (Fsp3) is 0.333. The number of rotatable bonds is 6. The van der Waals surface area contributed by atoms with Crippen LogP contribution in [-0.2, 0) is 10.2 Å². The lowest BCUT2D eigenvalue weighted by Gasteiger charge is -2.26. The summed E-state index contributed by atoms with van der Waals surface area (Å²) in [6.45, 7) is 14.2. The van der Waals surface area contributed by atoms with Crippen LogP contribution in [-0.4, -0.2) is 16.5 Å². The third-order valence-electron chi connectivity index (χ3n) is 6.18. The summed E-state index contributed by atoms with van der Waals surface area (Å²) < 4.78 is 12.0. The highest BCUT2D eigenvalue weighted by molar-refractivity contribution is 6.34. The van der Waals surface area contributed by atoms with E-state index in [1.807, 2.05) is 48.5 Å². The Balaban J connectivity index is 1.54. The fourth-order valence-electron chi connectivity index (χ4n) is 3.82. The Labute approximate surface area is 217 Å². The lowest BCUT2D eigenvalue weighted by molar-refractivity contribution is -0.128. The minimum Gasteiger partial charge on any atom is -0.478 e. The molecule has 0 aliphatic carbocycles. The molecule has 0 spiro atoms. The number of hydrogen-bond acceptors (Lipinski definition) is 4. The van der Waals surface area contributed by atoms with Gasteiger partial charge < -0.3 is 14.5 Å². The van der Waals surface area contributed by atoms with Gasteiger partial charge in [0.2, 0.25) is 5.89 Å². The number of carbonyl (C=O) groups excluding carboxylic acids is 1. The van der Waals surface area contributed by atoms with E-state index in [1.54, 1.807) is 26.0 Å². The summed E-state index contributed by atoms with van der Waals surface area (Å²) in [4.78, 5) is 17.8. The zero-order chi connectivity index (χ0) is 26.3. The van der Waals surface area contributed by atoms with Crippen LogP contribution in [0.5, 0.6) is 5.75 Å². The monoisotopic (exact) mass is 504 g/mol. The van der Waals surface area contributed by atoms with Gasteiger partial charge in [-0.05, 0) is 78.8 Å². The molecule has 0 unspecified atom stereocenters. The van der Waals surface area contributed by atoms with Crippen molar-refractivity contribution in [3.05, 3.63) is 76.8 Å². The normalized spacial score (nSPS) is 12.2. The summed E-state index contributed by atoms with van der Waals surface area (Å²) in [5.41, 5.74) is 3.98. The van der Waals surface area contributed by atoms with Gasteiger partial charge in [0.05, 0.1) is 10.7 Å². The largest absolute Gasteiger partial charge is 0.478 e. The van der Waals surface area contributed by atoms with Crippen molar-refractivity contribution >= 4 is 34.3 Å². The highest BCUT2D eigenvalue weighted by Crippen LogP contribution is 2.32. The first-order valence-corrected chi connectivity index (χ1v) is 12.5. The van der Waals surface area contributed by atoms with Crippen LogP contribution in [0.2, 0.25) is 5.02 Å². The van der Waals surface area contributed by atoms with Crippen molar-refractivity contribution in [3.63, 3.8) is 0 Å². The smallest absolute Gasteiger partial charge is 0.268 e. The molecule has 0 bridgehead atoms. The number of ether oxygens (including phenoxy) is 1. The molecule has 1 heterocycles. The number of nitrogens with one attached hydrogen (secondary N) is 1. The van der Waals surface area contributed by atoms with Crippen LogP contribution in [0.1, 0.15) is 65.5 Å².